The molecule has 6 N–H and O–H groups in total. The van der Waals surface area contributed by atoms with E-state index in [0.717, 1.165) is 0 Å². The highest BCUT2D eigenvalue weighted by molar-refractivity contribution is 5.70. The van der Waals surface area contributed by atoms with Gasteiger partial charge in [-0.25, -0.2) is 0 Å². The van der Waals surface area contributed by atoms with Crippen molar-refractivity contribution < 1.29 is 10.2 Å². The number of nitrogens with two attached hydrogens (primary N) is 1. The zero-order valence-corrected chi connectivity index (χ0v) is 9.89. The van der Waals surface area contributed by atoms with Crippen LogP contribution in [0.15, 0.2) is 4.79 Å². The van der Waals surface area contributed by atoms with E-state index in [1.54, 1.807) is 0 Å². The number of aromatic amines is 1. The molecular weight excluding hydrogens is 238 g/mol. The summed E-state index contributed by atoms with van der Waals surface area (Å²) in [6.45, 7) is 0.886. The van der Waals surface area contributed by atoms with Crippen molar-refractivity contribution in [2.24, 2.45) is 0 Å². The molecule has 0 saturated carbocycles. The van der Waals surface area contributed by atoms with E-state index in [2.05, 4.69) is 15.3 Å². The van der Waals surface area contributed by atoms with Gasteiger partial charge in [-0.3, -0.25) is 9.78 Å². The third-order valence-corrected chi connectivity index (χ3v) is 2.84. The first-order chi connectivity index (χ1) is 8.61. The van der Waals surface area contributed by atoms with Crippen LogP contribution in [0.2, 0.25) is 0 Å². The van der Waals surface area contributed by atoms with Crippen LogP contribution in [0.5, 0.6) is 0 Å². The number of fused-ring (bicyclic) bond motifs is 1. The summed E-state index contributed by atoms with van der Waals surface area (Å²) in [6, 6.07) is 0. The number of aromatic nitrogens is 2. The van der Waals surface area contributed by atoms with Gasteiger partial charge < -0.3 is 26.2 Å². The SMILES string of the molecule is Nc1nc2c(c(=O)[nH]1)NCN2CCCC(O)CO. The summed E-state index contributed by atoms with van der Waals surface area (Å²) in [5, 5.41) is 20.9. The van der Waals surface area contributed by atoms with Gasteiger partial charge in [-0.2, -0.15) is 4.98 Å². The van der Waals surface area contributed by atoms with Gasteiger partial charge in [0, 0.05) is 6.54 Å². The van der Waals surface area contributed by atoms with E-state index in [0.29, 0.717) is 37.6 Å². The van der Waals surface area contributed by atoms with E-state index >= 15 is 0 Å². The summed E-state index contributed by atoms with van der Waals surface area (Å²) in [5.74, 6) is 0.623. The first-order valence-corrected chi connectivity index (χ1v) is 5.79. The van der Waals surface area contributed by atoms with Gasteiger partial charge in [0.15, 0.2) is 5.82 Å². The summed E-state index contributed by atoms with van der Waals surface area (Å²) in [7, 11) is 0. The van der Waals surface area contributed by atoms with Crippen molar-refractivity contribution in [2.45, 2.75) is 18.9 Å². The minimum Gasteiger partial charge on any atom is -0.394 e. The molecule has 0 radical (unpaired) electrons. The highest BCUT2D eigenvalue weighted by Gasteiger charge is 2.23. The molecule has 8 nitrogen and oxygen atoms in total. The molecule has 1 aromatic heterocycles. The van der Waals surface area contributed by atoms with Gasteiger partial charge >= 0.3 is 0 Å². The number of hydrogen-bond donors (Lipinski definition) is 5. The maximum absolute atomic E-state index is 11.6. The summed E-state index contributed by atoms with van der Waals surface area (Å²) in [4.78, 5) is 20.0. The maximum atomic E-state index is 11.6. The quantitative estimate of drug-likeness (QED) is 0.441. The molecule has 8 heteroatoms. The number of aliphatic hydroxyl groups is 2. The van der Waals surface area contributed by atoms with Crippen molar-refractivity contribution in [3.05, 3.63) is 10.4 Å². The van der Waals surface area contributed by atoms with Crippen molar-refractivity contribution in [1.29, 1.82) is 0 Å². The van der Waals surface area contributed by atoms with Crippen molar-refractivity contribution in [2.75, 3.05) is 35.8 Å². The Morgan fingerprint density at radius 3 is 3.06 bits per heavy atom. The van der Waals surface area contributed by atoms with Crippen LogP contribution in [0.1, 0.15) is 12.8 Å². The van der Waals surface area contributed by atoms with Crippen LogP contribution < -0.4 is 21.5 Å². The second kappa shape index (κ2) is 5.23. The van der Waals surface area contributed by atoms with Crippen LogP contribution in [0.25, 0.3) is 0 Å². The average Bonchev–Trinajstić information content (AvgIpc) is 2.72. The predicted octanol–water partition coefficient (Wildman–Crippen LogP) is -1.33. The largest absolute Gasteiger partial charge is 0.394 e. The molecular formula is C10H17N5O3. The first-order valence-electron chi connectivity index (χ1n) is 5.79. The number of anilines is 3. The summed E-state index contributed by atoms with van der Waals surface area (Å²) < 4.78 is 0. The average molecular weight is 255 g/mol. The second-order valence-corrected chi connectivity index (χ2v) is 4.23. The molecule has 1 aliphatic heterocycles. The lowest BCUT2D eigenvalue weighted by Gasteiger charge is -2.17. The standard InChI is InChI=1S/C10H17N5O3/c11-10-13-8-7(9(18)14-10)12-5-15(8)3-1-2-6(17)4-16/h6,12,16-17H,1-5H2,(H3,11,13,14,18). The molecule has 0 aliphatic carbocycles. The molecule has 0 amide bonds. The fourth-order valence-electron chi connectivity index (χ4n) is 1.91. The Morgan fingerprint density at radius 2 is 2.33 bits per heavy atom. The first kappa shape index (κ1) is 12.7. The minimum atomic E-state index is -0.697. The van der Waals surface area contributed by atoms with E-state index in [9.17, 15) is 9.90 Å². The number of nitrogens with one attached hydrogen (secondary N) is 2. The molecule has 1 unspecified atom stereocenters. The Kier molecular flexibility index (Phi) is 3.68. The molecule has 0 fully saturated rings. The van der Waals surface area contributed by atoms with E-state index in [4.69, 9.17) is 10.8 Å². The Hall–Kier alpha value is -1.80. The molecule has 100 valence electrons. The highest BCUT2D eigenvalue weighted by atomic mass is 16.3. The molecule has 0 spiro atoms. The summed E-state index contributed by atoms with van der Waals surface area (Å²) in [6.07, 6.45) is 0.496. The smallest absolute Gasteiger partial charge is 0.277 e. The maximum Gasteiger partial charge on any atom is 0.277 e. The highest BCUT2D eigenvalue weighted by Crippen LogP contribution is 2.25. The van der Waals surface area contributed by atoms with Gasteiger partial charge in [0.05, 0.1) is 19.4 Å². The van der Waals surface area contributed by atoms with Gasteiger partial charge in [-0.15, -0.1) is 0 Å². The lowest BCUT2D eigenvalue weighted by Crippen LogP contribution is -2.26. The van der Waals surface area contributed by atoms with Crippen LogP contribution in [0, 0.1) is 0 Å². The van der Waals surface area contributed by atoms with E-state index in [-0.39, 0.29) is 18.1 Å². The van der Waals surface area contributed by atoms with Crippen LogP contribution in [-0.4, -0.2) is 46.1 Å². The van der Waals surface area contributed by atoms with Crippen molar-refractivity contribution in [3.63, 3.8) is 0 Å². The number of H-pyrrole nitrogens is 1. The number of rotatable bonds is 5. The molecule has 1 aliphatic rings. The van der Waals surface area contributed by atoms with Crippen LogP contribution in [0.3, 0.4) is 0 Å². The third kappa shape index (κ3) is 2.54. The fraction of sp³-hybridized carbons (Fsp3) is 0.600. The summed E-state index contributed by atoms with van der Waals surface area (Å²) in [5.41, 5.74) is 5.64. The number of aliphatic hydroxyl groups excluding tert-OH is 2. The molecule has 2 heterocycles. The summed E-state index contributed by atoms with van der Waals surface area (Å²) >= 11 is 0. The van der Waals surface area contributed by atoms with Gasteiger partial charge in [-0.1, -0.05) is 0 Å². The van der Waals surface area contributed by atoms with Crippen LogP contribution >= 0.6 is 0 Å². The lowest BCUT2D eigenvalue weighted by molar-refractivity contribution is 0.0870. The number of nitrogen functional groups attached to an aromatic ring is 1. The van der Waals surface area contributed by atoms with Gasteiger partial charge in [0.2, 0.25) is 5.95 Å². The van der Waals surface area contributed by atoms with Crippen molar-refractivity contribution in [3.8, 4) is 0 Å². The van der Waals surface area contributed by atoms with Gasteiger partial charge in [0.1, 0.15) is 5.69 Å². The van der Waals surface area contributed by atoms with Gasteiger partial charge in [-0.05, 0) is 12.8 Å². The Morgan fingerprint density at radius 1 is 1.56 bits per heavy atom. The monoisotopic (exact) mass is 255 g/mol. The van der Waals surface area contributed by atoms with Crippen LogP contribution in [0.4, 0.5) is 17.5 Å². The van der Waals surface area contributed by atoms with E-state index in [1.165, 1.54) is 0 Å². The normalized spacial score (nSPS) is 15.3. The molecule has 1 atom stereocenters. The van der Waals surface area contributed by atoms with Crippen LogP contribution in [-0.2, 0) is 0 Å². The lowest BCUT2D eigenvalue weighted by atomic mass is 10.2. The number of hydrogen-bond acceptors (Lipinski definition) is 7. The zero-order valence-electron chi connectivity index (χ0n) is 9.89. The number of nitrogens with zero attached hydrogens (tertiary/aromatic N) is 2. The molecule has 18 heavy (non-hydrogen) atoms. The van der Waals surface area contributed by atoms with Crippen molar-refractivity contribution >= 4 is 17.5 Å². The molecule has 1 aromatic rings. The Bertz CT molecular complexity index is 475. The predicted molar refractivity (Wildman–Crippen MR) is 67.4 cm³/mol. The minimum absolute atomic E-state index is 0.0860. The zero-order chi connectivity index (χ0) is 13.1. The van der Waals surface area contributed by atoms with E-state index in [1.807, 2.05) is 4.90 Å². The fourth-order valence-corrected chi connectivity index (χ4v) is 1.91. The Balaban J connectivity index is 2.01. The topological polar surface area (TPSA) is 128 Å². The van der Waals surface area contributed by atoms with Crippen molar-refractivity contribution in [1.82, 2.24) is 9.97 Å². The second-order valence-electron chi connectivity index (χ2n) is 4.23. The van der Waals surface area contributed by atoms with Gasteiger partial charge in [0.25, 0.3) is 5.56 Å². The Labute approximate surface area is 103 Å². The molecule has 0 bridgehead atoms. The molecule has 2 rings (SSSR count). The van der Waals surface area contributed by atoms with E-state index < -0.39 is 6.10 Å². The molecule has 0 saturated heterocycles. The third-order valence-electron chi connectivity index (χ3n) is 2.84. The molecule has 0 aromatic carbocycles.